The van der Waals surface area contributed by atoms with E-state index in [2.05, 4.69) is 43.3 Å². The number of carbonyl (C=O) groups excluding carboxylic acids is 1. The Morgan fingerprint density at radius 2 is 1.72 bits per heavy atom. The SMILES string of the molecule is Cc1ccc(CC(=O)C2(c3ccc4c(c3)OCCC4)CC2)cc1-c1ccc(S(=O)N(C)C)cc1.O.O. The zero-order valence-electron chi connectivity index (χ0n) is 21.1. The van der Waals surface area contributed by atoms with Crippen LogP contribution in [-0.4, -0.2) is 46.0 Å². The summed E-state index contributed by atoms with van der Waals surface area (Å²) in [5.41, 5.74) is 6.37. The number of ketones is 1. The van der Waals surface area contributed by atoms with Crippen molar-refractivity contribution in [3.63, 3.8) is 0 Å². The molecular formula is C29H35NO5S. The van der Waals surface area contributed by atoms with E-state index in [4.69, 9.17) is 4.74 Å². The van der Waals surface area contributed by atoms with Crippen LogP contribution in [-0.2, 0) is 34.0 Å². The molecule has 1 heterocycles. The molecule has 1 atom stereocenters. The molecule has 0 bridgehead atoms. The van der Waals surface area contributed by atoms with E-state index in [1.54, 1.807) is 18.4 Å². The fraction of sp³-hybridized carbons (Fsp3) is 0.345. The number of carbonyl (C=O) groups is 1. The van der Waals surface area contributed by atoms with Gasteiger partial charge in [0.15, 0.2) is 0 Å². The van der Waals surface area contributed by atoms with E-state index in [9.17, 15) is 9.00 Å². The Hall–Kier alpha value is -2.84. The normalized spacial score (nSPS) is 16.1. The van der Waals surface area contributed by atoms with Crippen LogP contribution in [0.15, 0.2) is 65.6 Å². The molecule has 5 rings (SSSR count). The summed E-state index contributed by atoms with van der Waals surface area (Å²) in [5, 5.41) is 0. The second-order valence-electron chi connectivity index (χ2n) is 9.69. The highest BCUT2D eigenvalue weighted by molar-refractivity contribution is 7.82. The number of nitrogens with zero attached hydrogens (tertiary/aromatic N) is 1. The van der Waals surface area contributed by atoms with Crippen LogP contribution in [0.1, 0.15) is 41.5 Å². The van der Waals surface area contributed by atoms with Crippen LogP contribution in [0.3, 0.4) is 0 Å². The predicted molar refractivity (Wildman–Crippen MR) is 144 cm³/mol. The Bertz CT molecular complexity index is 1270. The maximum absolute atomic E-state index is 13.5. The molecule has 7 heteroatoms. The van der Waals surface area contributed by atoms with Gasteiger partial charge in [-0.1, -0.05) is 42.5 Å². The summed E-state index contributed by atoms with van der Waals surface area (Å²) in [6.45, 7) is 2.85. The van der Waals surface area contributed by atoms with Crippen LogP contribution in [0.2, 0.25) is 0 Å². The van der Waals surface area contributed by atoms with Gasteiger partial charge in [0, 0.05) is 6.42 Å². The molecule has 36 heavy (non-hydrogen) atoms. The third-order valence-electron chi connectivity index (χ3n) is 7.12. The lowest BCUT2D eigenvalue weighted by Gasteiger charge is -2.21. The summed E-state index contributed by atoms with van der Waals surface area (Å²) in [6.07, 6.45) is 4.35. The fourth-order valence-corrected chi connectivity index (χ4v) is 5.69. The van der Waals surface area contributed by atoms with Crippen LogP contribution in [0.25, 0.3) is 11.1 Å². The van der Waals surface area contributed by atoms with Crippen LogP contribution in [0.5, 0.6) is 5.75 Å². The van der Waals surface area contributed by atoms with Gasteiger partial charge >= 0.3 is 0 Å². The molecule has 1 unspecified atom stereocenters. The summed E-state index contributed by atoms with van der Waals surface area (Å²) in [5.74, 6) is 1.24. The lowest BCUT2D eigenvalue weighted by atomic mass is 9.86. The highest BCUT2D eigenvalue weighted by atomic mass is 32.2. The molecule has 192 valence electrons. The van der Waals surface area contributed by atoms with Crippen molar-refractivity contribution in [2.75, 3.05) is 20.7 Å². The smallest absolute Gasteiger partial charge is 0.147 e. The Morgan fingerprint density at radius 3 is 2.39 bits per heavy atom. The Labute approximate surface area is 215 Å². The molecule has 0 aromatic heterocycles. The summed E-state index contributed by atoms with van der Waals surface area (Å²) in [4.78, 5) is 14.3. The van der Waals surface area contributed by atoms with Gasteiger partial charge in [0.25, 0.3) is 0 Å². The van der Waals surface area contributed by atoms with Gasteiger partial charge in [-0.3, -0.25) is 4.79 Å². The Balaban J connectivity index is 0.00000180. The van der Waals surface area contributed by atoms with Crippen LogP contribution in [0.4, 0.5) is 0 Å². The molecule has 1 aliphatic heterocycles. The summed E-state index contributed by atoms with van der Waals surface area (Å²) < 4.78 is 19.9. The molecule has 1 fully saturated rings. The zero-order valence-corrected chi connectivity index (χ0v) is 21.9. The molecule has 2 aliphatic rings. The average molecular weight is 510 g/mol. The van der Waals surface area contributed by atoms with Gasteiger partial charge < -0.3 is 15.7 Å². The van der Waals surface area contributed by atoms with Gasteiger partial charge in [0.2, 0.25) is 0 Å². The first-order valence-electron chi connectivity index (χ1n) is 12.0. The summed E-state index contributed by atoms with van der Waals surface area (Å²) in [6, 6.07) is 20.6. The standard InChI is InChI=1S/C29H31NO3S.2H2O/c1-20-6-7-21(17-26(20)22-9-12-25(13-10-22)34(32)30(2)3)18-28(31)29(14-15-29)24-11-8-23-5-4-16-33-27(23)19-24;;/h6-13,17,19H,4-5,14-16,18H2,1-3H3;2*1H2. The predicted octanol–water partition coefficient (Wildman–Crippen LogP) is 3.77. The lowest BCUT2D eigenvalue weighted by Crippen LogP contribution is -2.23. The van der Waals surface area contributed by atoms with E-state index in [0.717, 1.165) is 70.8 Å². The number of hydrogen-bond acceptors (Lipinski definition) is 3. The zero-order chi connectivity index (χ0) is 23.9. The fourth-order valence-electron chi connectivity index (χ4n) is 4.90. The van der Waals surface area contributed by atoms with E-state index < -0.39 is 11.0 Å². The Morgan fingerprint density at radius 1 is 1.00 bits per heavy atom. The summed E-state index contributed by atoms with van der Waals surface area (Å²) in [7, 11) is 2.45. The van der Waals surface area contributed by atoms with Gasteiger partial charge in [-0.25, -0.2) is 8.51 Å². The first-order chi connectivity index (χ1) is 16.4. The molecule has 0 radical (unpaired) electrons. The van der Waals surface area contributed by atoms with Crippen molar-refractivity contribution in [3.8, 4) is 16.9 Å². The monoisotopic (exact) mass is 509 g/mol. The molecule has 0 saturated heterocycles. The quantitative estimate of drug-likeness (QED) is 0.483. The highest BCUT2D eigenvalue weighted by Crippen LogP contribution is 2.51. The minimum absolute atomic E-state index is 0. The van der Waals surface area contributed by atoms with Gasteiger partial charge in [0.1, 0.15) is 22.5 Å². The number of aryl methyl sites for hydroxylation is 2. The molecule has 3 aromatic rings. The van der Waals surface area contributed by atoms with Crippen molar-refractivity contribution in [1.29, 1.82) is 0 Å². The summed E-state index contributed by atoms with van der Waals surface area (Å²) >= 11 is 0. The van der Waals surface area contributed by atoms with Crippen molar-refractivity contribution in [3.05, 3.63) is 82.9 Å². The van der Waals surface area contributed by atoms with Crippen molar-refractivity contribution in [2.24, 2.45) is 0 Å². The van der Waals surface area contributed by atoms with E-state index in [1.165, 1.54) is 5.56 Å². The van der Waals surface area contributed by atoms with Crippen molar-refractivity contribution < 1.29 is 24.7 Å². The number of ether oxygens (including phenoxy) is 1. The Kier molecular flexibility index (Phi) is 8.52. The minimum atomic E-state index is -1.16. The first-order valence-corrected chi connectivity index (χ1v) is 13.1. The van der Waals surface area contributed by atoms with Crippen molar-refractivity contribution >= 4 is 16.8 Å². The largest absolute Gasteiger partial charge is 0.493 e. The number of rotatable bonds is 7. The van der Waals surface area contributed by atoms with E-state index in [0.29, 0.717) is 6.42 Å². The molecule has 0 amide bonds. The second kappa shape index (κ2) is 11.0. The molecule has 6 nitrogen and oxygen atoms in total. The highest BCUT2D eigenvalue weighted by Gasteiger charge is 2.50. The van der Waals surface area contributed by atoms with Gasteiger partial charge in [0.05, 0.1) is 16.9 Å². The van der Waals surface area contributed by atoms with Crippen molar-refractivity contribution in [2.45, 2.75) is 49.3 Å². The first kappa shape index (κ1) is 27.7. The van der Waals surface area contributed by atoms with E-state index in [1.807, 2.05) is 24.3 Å². The number of Topliss-reactive ketones (excluding diaryl/α,β-unsaturated/α-hetero) is 1. The number of benzene rings is 3. The van der Waals surface area contributed by atoms with Crippen molar-refractivity contribution in [1.82, 2.24) is 4.31 Å². The molecule has 4 N–H and O–H groups in total. The molecule has 1 saturated carbocycles. The molecular weight excluding hydrogens is 474 g/mol. The number of hydrogen-bond donors (Lipinski definition) is 0. The topological polar surface area (TPSA) is 110 Å². The third-order valence-corrected chi connectivity index (χ3v) is 8.46. The maximum Gasteiger partial charge on any atom is 0.147 e. The number of fused-ring (bicyclic) bond motifs is 1. The van der Waals surface area contributed by atoms with Crippen LogP contribution >= 0.6 is 0 Å². The van der Waals surface area contributed by atoms with Crippen LogP contribution in [0, 0.1) is 6.92 Å². The second-order valence-corrected chi connectivity index (χ2v) is 11.4. The minimum Gasteiger partial charge on any atom is -0.493 e. The van der Waals surface area contributed by atoms with E-state index in [-0.39, 0.29) is 22.2 Å². The average Bonchev–Trinajstić information content (AvgIpc) is 3.67. The van der Waals surface area contributed by atoms with Gasteiger partial charge in [-0.05, 0) is 98.3 Å². The molecule has 1 aliphatic carbocycles. The maximum atomic E-state index is 13.5. The van der Waals surface area contributed by atoms with Crippen LogP contribution < -0.4 is 4.74 Å². The molecule has 3 aromatic carbocycles. The molecule has 0 spiro atoms. The van der Waals surface area contributed by atoms with Gasteiger partial charge in [-0.2, -0.15) is 0 Å². The lowest BCUT2D eigenvalue weighted by molar-refractivity contribution is -0.120. The van der Waals surface area contributed by atoms with Gasteiger partial charge in [-0.15, -0.1) is 0 Å². The van der Waals surface area contributed by atoms with E-state index >= 15 is 0 Å². The third kappa shape index (κ3) is 5.30.